The Morgan fingerprint density at radius 1 is 0.971 bits per heavy atom. The van der Waals surface area contributed by atoms with Crippen molar-refractivity contribution in [3.8, 4) is 0 Å². The van der Waals surface area contributed by atoms with Crippen LogP contribution in [0, 0.1) is 0 Å². The van der Waals surface area contributed by atoms with Gasteiger partial charge in [0.15, 0.2) is 0 Å². The molecule has 3 aromatic rings. The molecular formula is C25H21Cl2N3O4S. The maximum Gasteiger partial charge on any atom is 0.261 e. The van der Waals surface area contributed by atoms with Crippen LogP contribution in [0.1, 0.15) is 27.5 Å². The van der Waals surface area contributed by atoms with Crippen LogP contribution >= 0.6 is 23.2 Å². The molecule has 3 aromatic carbocycles. The molecule has 5 rings (SSSR count). The Morgan fingerprint density at radius 2 is 1.69 bits per heavy atom. The summed E-state index contributed by atoms with van der Waals surface area (Å²) in [6.45, 7) is 0.816. The lowest BCUT2D eigenvalue weighted by Gasteiger charge is -2.44. The molecule has 2 amide bonds. The highest BCUT2D eigenvalue weighted by Crippen LogP contribution is 2.34. The van der Waals surface area contributed by atoms with E-state index in [9.17, 15) is 18.0 Å². The van der Waals surface area contributed by atoms with E-state index in [4.69, 9.17) is 23.2 Å². The normalized spacial score (nSPS) is 17.5. The van der Waals surface area contributed by atoms with Crippen LogP contribution in [0.2, 0.25) is 10.0 Å². The van der Waals surface area contributed by atoms with E-state index in [1.807, 2.05) is 29.2 Å². The molecule has 35 heavy (non-hydrogen) atoms. The highest BCUT2D eigenvalue weighted by atomic mass is 35.5. The van der Waals surface area contributed by atoms with Gasteiger partial charge < -0.3 is 9.80 Å². The number of anilines is 1. The average Bonchev–Trinajstić information content (AvgIpc) is 2.84. The van der Waals surface area contributed by atoms with Gasteiger partial charge in [0, 0.05) is 23.1 Å². The van der Waals surface area contributed by atoms with Gasteiger partial charge in [-0.3, -0.25) is 14.3 Å². The minimum Gasteiger partial charge on any atom is -0.332 e. The number of piperazine rings is 1. The van der Waals surface area contributed by atoms with E-state index < -0.39 is 15.9 Å². The number of nitrogens with one attached hydrogen (secondary N) is 1. The monoisotopic (exact) mass is 529 g/mol. The maximum atomic E-state index is 13.6. The third-order valence-electron chi connectivity index (χ3n) is 6.32. The molecule has 0 radical (unpaired) electrons. The number of carbonyl (C=O) groups is 2. The van der Waals surface area contributed by atoms with Crippen LogP contribution in [0.15, 0.2) is 71.6 Å². The molecule has 180 valence electrons. The molecule has 0 unspecified atom stereocenters. The van der Waals surface area contributed by atoms with E-state index in [-0.39, 0.29) is 39.7 Å². The minimum atomic E-state index is -4.00. The Hall–Kier alpha value is -3.07. The zero-order valence-corrected chi connectivity index (χ0v) is 20.8. The molecule has 2 heterocycles. The van der Waals surface area contributed by atoms with Gasteiger partial charge in [-0.15, -0.1) is 0 Å². The summed E-state index contributed by atoms with van der Waals surface area (Å²) in [5, 5.41) is 0.676. The lowest BCUT2D eigenvalue weighted by Crippen LogP contribution is -2.55. The lowest BCUT2D eigenvalue weighted by molar-refractivity contribution is -0.139. The van der Waals surface area contributed by atoms with Crippen molar-refractivity contribution in [1.29, 1.82) is 0 Å². The Morgan fingerprint density at radius 3 is 2.46 bits per heavy atom. The van der Waals surface area contributed by atoms with Crippen molar-refractivity contribution >= 4 is 50.7 Å². The minimum absolute atomic E-state index is 0.00199. The summed E-state index contributed by atoms with van der Waals surface area (Å²) in [4.78, 5) is 29.8. The molecule has 1 N–H and O–H groups in total. The number of benzene rings is 3. The topological polar surface area (TPSA) is 86.8 Å². The van der Waals surface area contributed by atoms with Crippen LogP contribution in [0.5, 0.6) is 0 Å². The Labute approximate surface area is 213 Å². The largest absolute Gasteiger partial charge is 0.332 e. The molecule has 0 aliphatic carbocycles. The number of sulfonamides is 1. The highest BCUT2D eigenvalue weighted by Gasteiger charge is 2.39. The molecular weight excluding hydrogens is 509 g/mol. The Bertz CT molecular complexity index is 1430. The first-order chi connectivity index (χ1) is 16.7. The van der Waals surface area contributed by atoms with E-state index in [0.717, 1.165) is 17.5 Å². The number of fused-ring (bicyclic) bond motifs is 3. The smallest absolute Gasteiger partial charge is 0.261 e. The second kappa shape index (κ2) is 9.18. The third kappa shape index (κ3) is 4.61. The first kappa shape index (κ1) is 23.7. The van der Waals surface area contributed by atoms with E-state index in [1.54, 1.807) is 0 Å². The van der Waals surface area contributed by atoms with Gasteiger partial charge in [0.25, 0.3) is 15.9 Å². The number of hydrogen-bond acceptors (Lipinski definition) is 4. The van der Waals surface area contributed by atoms with Crippen molar-refractivity contribution in [2.45, 2.75) is 17.4 Å². The zero-order chi connectivity index (χ0) is 24.7. The van der Waals surface area contributed by atoms with Crippen molar-refractivity contribution in [1.82, 2.24) is 9.80 Å². The second-order valence-corrected chi connectivity index (χ2v) is 11.0. The van der Waals surface area contributed by atoms with Gasteiger partial charge in [0.2, 0.25) is 5.91 Å². The fourth-order valence-corrected chi connectivity index (χ4v) is 5.98. The van der Waals surface area contributed by atoms with Crippen LogP contribution in [-0.4, -0.2) is 49.7 Å². The fourth-order valence-electron chi connectivity index (χ4n) is 4.60. The van der Waals surface area contributed by atoms with E-state index in [2.05, 4.69) is 4.72 Å². The quantitative estimate of drug-likeness (QED) is 0.543. The summed E-state index contributed by atoms with van der Waals surface area (Å²) in [7, 11) is -4.00. The summed E-state index contributed by atoms with van der Waals surface area (Å²) in [5.41, 5.74) is 2.34. The molecule has 1 fully saturated rings. The summed E-state index contributed by atoms with van der Waals surface area (Å²) < 4.78 is 28.4. The van der Waals surface area contributed by atoms with Crippen molar-refractivity contribution < 1.29 is 18.0 Å². The summed E-state index contributed by atoms with van der Waals surface area (Å²) in [6.07, 6.45) is 0.775. The summed E-state index contributed by atoms with van der Waals surface area (Å²) >= 11 is 12.0. The predicted molar refractivity (Wildman–Crippen MR) is 134 cm³/mol. The van der Waals surface area contributed by atoms with Crippen molar-refractivity contribution in [2.24, 2.45) is 0 Å². The molecule has 0 saturated carbocycles. The molecule has 0 bridgehead atoms. The SMILES string of the molecule is O=C(c1cc(Cl)ccc1NS(=O)(=O)c1ccc(Cl)cc1)N1CC(=O)N2CCc3ccccc3[C@H]2C1. The van der Waals surface area contributed by atoms with E-state index in [0.29, 0.717) is 18.1 Å². The predicted octanol–water partition coefficient (Wildman–Crippen LogP) is 4.38. The maximum absolute atomic E-state index is 13.6. The average molecular weight is 530 g/mol. The number of rotatable bonds is 4. The van der Waals surface area contributed by atoms with Gasteiger partial charge in [0.1, 0.15) is 6.54 Å². The van der Waals surface area contributed by atoms with Gasteiger partial charge in [-0.05, 0) is 60.0 Å². The highest BCUT2D eigenvalue weighted by molar-refractivity contribution is 7.92. The first-order valence-electron chi connectivity index (χ1n) is 11.0. The van der Waals surface area contributed by atoms with E-state index >= 15 is 0 Å². The molecule has 1 saturated heterocycles. The number of carbonyl (C=O) groups excluding carboxylic acids is 2. The van der Waals surface area contributed by atoms with Crippen LogP contribution in [0.3, 0.4) is 0 Å². The van der Waals surface area contributed by atoms with Crippen LogP contribution < -0.4 is 4.72 Å². The van der Waals surface area contributed by atoms with E-state index in [1.165, 1.54) is 47.4 Å². The van der Waals surface area contributed by atoms with Crippen LogP contribution in [0.25, 0.3) is 0 Å². The molecule has 0 spiro atoms. The van der Waals surface area contributed by atoms with Gasteiger partial charge >= 0.3 is 0 Å². The third-order valence-corrected chi connectivity index (χ3v) is 8.19. The summed E-state index contributed by atoms with van der Waals surface area (Å²) in [6, 6.07) is 17.7. The zero-order valence-electron chi connectivity index (χ0n) is 18.4. The van der Waals surface area contributed by atoms with Crippen LogP contribution in [-0.2, 0) is 21.2 Å². The van der Waals surface area contributed by atoms with Crippen molar-refractivity contribution in [3.05, 3.63) is 93.5 Å². The van der Waals surface area contributed by atoms with Crippen LogP contribution in [0.4, 0.5) is 5.69 Å². The van der Waals surface area contributed by atoms with Gasteiger partial charge in [-0.2, -0.15) is 0 Å². The number of nitrogens with zero attached hydrogens (tertiary/aromatic N) is 2. The molecule has 0 aromatic heterocycles. The van der Waals surface area contributed by atoms with Crippen molar-refractivity contribution in [2.75, 3.05) is 24.4 Å². The molecule has 2 aliphatic rings. The molecule has 2 aliphatic heterocycles. The number of halogens is 2. The molecule has 10 heteroatoms. The van der Waals surface area contributed by atoms with Gasteiger partial charge in [-0.1, -0.05) is 47.5 Å². The van der Waals surface area contributed by atoms with Gasteiger partial charge in [0.05, 0.1) is 22.2 Å². The molecule has 1 atom stereocenters. The van der Waals surface area contributed by atoms with Crippen molar-refractivity contribution in [3.63, 3.8) is 0 Å². The lowest BCUT2D eigenvalue weighted by atomic mass is 9.90. The second-order valence-electron chi connectivity index (χ2n) is 8.49. The Kier molecular flexibility index (Phi) is 6.21. The Balaban J connectivity index is 1.46. The summed E-state index contributed by atoms with van der Waals surface area (Å²) in [5.74, 6) is -0.619. The molecule has 7 nitrogen and oxygen atoms in total. The fraction of sp³-hybridized carbons (Fsp3) is 0.200. The number of hydrogen-bond donors (Lipinski definition) is 1. The standard InChI is InChI=1S/C25H21Cl2N3O4S/c26-17-5-8-19(9-6-17)35(33,34)28-22-10-7-18(27)13-21(22)25(32)29-14-23-20-4-2-1-3-16(20)11-12-30(23)24(31)15-29/h1-10,13,23,28H,11-12,14-15H2/t23-/m1/s1. The van der Waals surface area contributed by atoms with Gasteiger partial charge in [-0.25, -0.2) is 8.42 Å². The first-order valence-corrected chi connectivity index (χ1v) is 13.2. The number of amides is 2.